The van der Waals surface area contributed by atoms with Crippen molar-refractivity contribution in [3.05, 3.63) is 59.8 Å². The lowest BCUT2D eigenvalue weighted by Crippen LogP contribution is -2.31. The molecule has 30 heavy (non-hydrogen) atoms. The van der Waals surface area contributed by atoms with Crippen molar-refractivity contribution in [1.82, 2.24) is 29.8 Å². The number of nitrogens with zero attached hydrogens (tertiary/aromatic N) is 6. The normalized spacial score (nSPS) is 16.5. The number of carbonyl (C=O) groups is 1. The SMILES string of the molecule is Cc1noc(C2CCCN2C(=O)c2cc(-c3cnn(C)c3)nc3ccc(F)cc23)n1. The van der Waals surface area contributed by atoms with Gasteiger partial charge in [0.15, 0.2) is 5.82 Å². The lowest BCUT2D eigenvalue weighted by molar-refractivity contribution is 0.0712. The number of fused-ring (bicyclic) bond motifs is 1. The Morgan fingerprint density at radius 2 is 2.13 bits per heavy atom. The molecule has 1 aliphatic heterocycles. The average Bonchev–Trinajstić information content (AvgIpc) is 3.47. The topological polar surface area (TPSA) is 89.9 Å². The second-order valence-corrected chi connectivity index (χ2v) is 7.46. The van der Waals surface area contributed by atoms with Gasteiger partial charge in [0.05, 0.1) is 23.0 Å². The van der Waals surface area contributed by atoms with E-state index in [1.54, 1.807) is 34.8 Å². The number of pyridine rings is 1. The molecule has 8 nitrogen and oxygen atoms in total. The molecule has 1 fully saturated rings. The quantitative estimate of drug-likeness (QED) is 0.518. The van der Waals surface area contributed by atoms with E-state index >= 15 is 0 Å². The molecule has 9 heteroatoms. The van der Waals surface area contributed by atoms with Gasteiger partial charge in [-0.1, -0.05) is 5.16 Å². The van der Waals surface area contributed by atoms with Crippen molar-refractivity contribution in [3.8, 4) is 11.3 Å². The first-order chi connectivity index (χ1) is 14.5. The summed E-state index contributed by atoms with van der Waals surface area (Å²) in [6, 6.07) is 5.69. The minimum Gasteiger partial charge on any atom is -0.337 e. The summed E-state index contributed by atoms with van der Waals surface area (Å²) in [7, 11) is 1.81. The van der Waals surface area contributed by atoms with Crippen LogP contribution in [0, 0.1) is 12.7 Å². The van der Waals surface area contributed by atoms with Crippen LogP contribution in [0.2, 0.25) is 0 Å². The van der Waals surface area contributed by atoms with Crippen LogP contribution in [0.5, 0.6) is 0 Å². The molecule has 1 amide bonds. The molecule has 0 bridgehead atoms. The van der Waals surface area contributed by atoms with Crippen molar-refractivity contribution in [1.29, 1.82) is 0 Å². The number of likely N-dealkylation sites (tertiary alicyclic amines) is 1. The summed E-state index contributed by atoms with van der Waals surface area (Å²) in [5.74, 6) is 0.324. The van der Waals surface area contributed by atoms with Crippen LogP contribution in [0.4, 0.5) is 4.39 Å². The molecule has 0 N–H and O–H groups in total. The van der Waals surface area contributed by atoms with E-state index in [1.165, 1.54) is 12.1 Å². The fourth-order valence-electron chi connectivity index (χ4n) is 3.95. The van der Waals surface area contributed by atoms with E-state index in [0.717, 1.165) is 18.4 Å². The van der Waals surface area contributed by atoms with Crippen LogP contribution in [-0.2, 0) is 7.05 Å². The van der Waals surface area contributed by atoms with Crippen molar-refractivity contribution in [2.75, 3.05) is 6.54 Å². The van der Waals surface area contributed by atoms with Crippen LogP contribution in [0.15, 0.2) is 41.2 Å². The van der Waals surface area contributed by atoms with Crippen LogP contribution in [0.3, 0.4) is 0 Å². The van der Waals surface area contributed by atoms with Crippen molar-refractivity contribution < 1.29 is 13.7 Å². The van der Waals surface area contributed by atoms with Gasteiger partial charge in [-0.3, -0.25) is 9.48 Å². The third kappa shape index (κ3) is 3.12. The second-order valence-electron chi connectivity index (χ2n) is 7.46. The number of hydrogen-bond donors (Lipinski definition) is 0. The first kappa shape index (κ1) is 18.4. The van der Waals surface area contributed by atoms with Gasteiger partial charge in [-0.2, -0.15) is 10.1 Å². The number of halogens is 1. The minimum absolute atomic E-state index is 0.212. The Hall–Kier alpha value is -3.62. The van der Waals surface area contributed by atoms with E-state index in [-0.39, 0.29) is 11.9 Å². The van der Waals surface area contributed by atoms with Crippen molar-refractivity contribution in [3.63, 3.8) is 0 Å². The fourth-order valence-corrected chi connectivity index (χ4v) is 3.95. The first-order valence-corrected chi connectivity index (χ1v) is 9.70. The van der Waals surface area contributed by atoms with Crippen molar-refractivity contribution in [2.24, 2.45) is 7.05 Å². The number of benzene rings is 1. The summed E-state index contributed by atoms with van der Waals surface area (Å²) in [5.41, 5.74) is 2.32. The van der Waals surface area contributed by atoms with Gasteiger partial charge >= 0.3 is 0 Å². The van der Waals surface area contributed by atoms with Crippen LogP contribution in [0.1, 0.15) is 41.0 Å². The lowest BCUT2D eigenvalue weighted by Gasteiger charge is -2.23. The Kier molecular flexibility index (Phi) is 4.30. The highest BCUT2D eigenvalue weighted by atomic mass is 19.1. The van der Waals surface area contributed by atoms with E-state index in [1.807, 2.05) is 13.2 Å². The van der Waals surface area contributed by atoms with E-state index in [9.17, 15) is 9.18 Å². The Morgan fingerprint density at radius 1 is 1.27 bits per heavy atom. The molecule has 1 saturated heterocycles. The molecule has 0 saturated carbocycles. The zero-order chi connectivity index (χ0) is 20.8. The van der Waals surface area contributed by atoms with Gasteiger partial charge in [0, 0.05) is 30.7 Å². The number of hydrogen-bond acceptors (Lipinski definition) is 6. The molecule has 1 aliphatic rings. The van der Waals surface area contributed by atoms with E-state index < -0.39 is 5.82 Å². The molecule has 5 rings (SSSR count). The molecule has 4 aromatic rings. The Morgan fingerprint density at radius 3 is 2.87 bits per heavy atom. The Bertz CT molecular complexity index is 1260. The number of rotatable bonds is 3. The maximum atomic E-state index is 14.0. The highest BCUT2D eigenvalue weighted by Crippen LogP contribution is 2.34. The largest absolute Gasteiger partial charge is 0.337 e. The Labute approximate surface area is 171 Å². The molecule has 1 aromatic carbocycles. The molecule has 0 radical (unpaired) electrons. The molecule has 4 heterocycles. The van der Waals surface area contributed by atoms with E-state index in [0.29, 0.717) is 40.4 Å². The summed E-state index contributed by atoms with van der Waals surface area (Å²) in [4.78, 5) is 24.3. The van der Waals surface area contributed by atoms with Crippen LogP contribution in [-0.4, -0.2) is 42.3 Å². The van der Waals surface area contributed by atoms with Crippen molar-refractivity contribution in [2.45, 2.75) is 25.8 Å². The highest BCUT2D eigenvalue weighted by molar-refractivity contribution is 6.07. The molecule has 152 valence electrons. The maximum Gasteiger partial charge on any atom is 0.255 e. The fraction of sp³-hybridized carbons (Fsp3) is 0.286. The maximum absolute atomic E-state index is 14.0. The Balaban J connectivity index is 1.63. The van der Waals surface area contributed by atoms with Crippen molar-refractivity contribution >= 4 is 16.8 Å². The lowest BCUT2D eigenvalue weighted by atomic mass is 10.0. The third-order valence-electron chi connectivity index (χ3n) is 5.34. The second kappa shape index (κ2) is 7.01. The van der Waals surface area contributed by atoms with Gasteiger partial charge < -0.3 is 9.42 Å². The monoisotopic (exact) mass is 406 g/mol. The van der Waals surface area contributed by atoms with Gasteiger partial charge in [0.1, 0.15) is 11.9 Å². The molecule has 1 unspecified atom stereocenters. The first-order valence-electron chi connectivity index (χ1n) is 9.70. The van der Waals surface area contributed by atoms with Crippen LogP contribution in [0.25, 0.3) is 22.2 Å². The van der Waals surface area contributed by atoms with Gasteiger partial charge in [-0.15, -0.1) is 0 Å². The predicted molar refractivity (Wildman–Crippen MR) is 106 cm³/mol. The van der Waals surface area contributed by atoms with Gasteiger partial charge in [-0.05, 0) is 44.0 Å². The van der Waals surface area contributed by atoms with Gasteiger partial charge in [-0.25, -0.2) is 9.37 Å². The average molecular weight is 406 g/mol. The van der Waals surface area contributed by atoms with Gasteiger partial charge in [0.2, 0.25) is 5.89 Å². The summed E-state index contributed by atoms with van der Waals surface area (Å²) < 4.78 is 21.0. The number of amides is 1. The standard InChI is InChI=1S/C21H19FN6O2/c1-12-24-20(30-26-12)19-4-3-7-28(19)21(29)16-9-18(13-10-23-27(2)11-13)25-17-6-5-14(22)8-15(16)17/h5-6,8-11,19H,3-4,7H2,1-2H3. The summed E-state index contributed by atoms with van der Waals surface area (Å²) in [5, 5.41) is 8.51. The van der Waals surface area contributed by atoms with Gasteiger partial charge in [0.25, 0.3) is 5.91 Å². The van der Waals surface area contributed by atoms with E-state index in [2.05, 4.69) is 20.2 Å². The van der Waals surface area contributed by atoms with Crippen LogP contribution >= 0.6 is 0 Å². The number of aryl methyl sites for hydroxylation is 2. The molecule has 0 spiro atoms. The van der Waals surface area contributed by atoms with Crippen LogP contribution < -0.4 is 0 Å². The predicted octanol–water partition coefficient (Wildman–Crippen LogP) is 3.44. The summed E-state index contributed by atoms with van der Waals surface area (Å²) in [6.45, 7) is 2.31. The molecule has 3 aromatic heterocycles. The summed E-state index contributed by atoms with van der Waals surface area (Å²) >= 11 is 0. The zero-order valence-corrected chi connectivity index (χ0v) is 16.5. The smallest absolute Gasteiger partial charge is 0.255 e. The zero-order valence-electron chi connectivity index (χ0n) is 16.5. The molecule has 0 aliphatic carbocycles. The number of carbonyl (C=O) groups excluding carboxylic acids is 1. The molecule has 1 atom stereocenters. The van der Waals surface area contributed by atoms with E-state index in [4.69, 9.17) is 4.52 Å². The number of aromatic nitrogens is 5. The minimum atomic E-state index is -0.419. The third-order valence-corrected chi connectivity index (χ3v) is 5.34. The molecular weight excluding hydrogens is 387 g/mol. The highest BCUT2D eigenvalue weighted by Gasteiger charge is 2.35. The summed E-state index contributed by atoms with van der Waals surface area (Å²) in [6.07, 6.45) is 5.07. The molecular formula is C21H19FN6O2.